The zero-order chi connectivity index (χ0) is 17.8. The minimum Gasteiger partial charge on any atom is -0.452 e. The summed E-state index contributed by atoms with van der Waals surface area (Å²) in [5, 5.41) is 4.80. The molecule has 0 aliphatic heterocycles. The van der Waals surface area contributed by atoms with E-state index in [2.05, 4.69) is 5.32 Å². The number of carbonyl (C=O) groups is 2. The van der Waals surface area contributed by atoms with Crippen molar-refractivity contribution < 1.29 is 14.3 Å². The van der Waals surface area contributed by atoms with Gasteiger partial charge < -0.3 is 10.1 Å². The zero-order valence-corrected chi connectivity index (χ0v) is 14.2. The van der Waals surface area contributed by atoms with Gasteiger partial charge >= 0.3 is 5.97 Å². The first-order valence-corrected chi connectivity index (χ1v) is 8.06. The smallest absolute Gasteiger partial charge is 0.338 e. The second kappa shape index (κ2) is 7.18. The summed E-state index contributed by atoms with van der Waals surface area (Å²) in [7, 11) is 0. The van der Waals surface area contributed by atoms with Crippen LogP contribution in [0, 0.1) is 13.8 Å². The Kier molecular flexibility index (Phi) is 4.80. The van der Waals surface area contributed by atoms with Gasteiger partial charge in [0, 0.05) is 5.69 Å². The third-order valence-corrected chi connectivity index (χ3v) is 4.07. The Labute approximate surface area is 146 Å². The Hall–Kier alpha value is -3.14. The molecule has 126 valence electrons. The van der Waals surface area contributed by atoms with E-state index in [1.807, 2.05) is 62.4 Å². The first kappa shape index (κ1) is 16.7. The number of hydrogen-bond acceptors (Lipinski definition) is 3. The topological polar surface area (TPSA) is 55.4 Å². The molecule has 0 spiro atoms. The van der Waals surface area contributed by atoms with E-state index in [1.165, 1.54) is 0 Å². The third kappa shape index (κ3) is 3.86. The molecule has 0 aliphatic carbocycles. The largest absolute Gasteiger partial charge is 0.452 e. The highest BCUT2D eigenvalue weighted by atomic mass is 16.5. The van der Waals surface area contributed by atoms with Gasteiger partial charge in [-0.05, 0) is 47.9 Å². The summed E-state index contributed by atoms with van der Waals surface area (Å²) in [5.41, 5.74) is 3.12. The number of fused-ring (bicyclic) bond motifs is 1. The molecule has 3 aromatic rings. The molecule has 0 atom stereocenters. The summed E-state index contributed by atoms with van der Waals surface area (Å²) in [6, 6.07) is 18.9. The van der Waals surface area contributed by atoms with E-state index >= 15 is 0 Å². The fourth-order valence-electron chi connectivity index (χ4n) is 2.72. The van der Waals surface area contributed by atoms with Gasteiger partial charge in [-0.25, -0.2) is 4.79 Å². The number of aryl methyl sites for hydroxylation is 2. The summed E-state index contributed by atoms with van der Waals surface area (Å²) in [4.78, 5) is 24.3. The predicted octanol–water partition coefficient (Wildman–Crippen LogP) is 4.25. The minimum absolute atomic E-state index is 0.320. The summed E-state index contributed by atoms with van der Waals surface area (Å²) < 4.78 is 5.14. The maximum atomic E-state index is 12.2. The van der Waals surface area contributed by atoms with Crippen molar-refractivity contribution >= 4 is 28.3 Å². The van der Waals surface area contributed by atoms with E-state index < -0.39 is 5.97 Å². The summed E-state index contributed by atoms with van der Waals surface area (Å²) >= 11 is 0. The molecule has 3 aromatic carbocycles. The molecule has 0 aromatic heterocycles. The maximum Gasteiger partial charge on any atom is 0.338 e. The summed E-state index contributed by atoms with van der Waals surface area (Å²) in [5.74, 6) is -0.867. The van der Waals surface area contributed by atoms with Gasteiger partial charge in [-0.15, -0.1) is 0 Å². The van der Waals surface area contributed by atoms with E-state index in [0.29, 0.717) is 5.56 Å². The molecule has 1 amide bonds. The van der Waals surface area contributed by atoms with Crippen LogP contribution in [-0.4, -0.2) is 18.5 Å². The summed E-state index contributed by atoms with van der Waals surface area (Å²) in [6.07, 6.45) is 0. The normalized spacial score (nSPS) is 10.5. The Bertz CT molecular complexity index is 927. The SMILES string of the molecule is Cc1cccc(C)c1NC(=O)COC(=O)c1ccc2ccccc2c1. The number of amides is 1. The van der Waals surface area contributed by atoms with Crippen LogP contribution >= 0.6 is 0 Å². The molecule has 0 heterocycles. The average molecular weight is 333 g/mol. The lowest BCUT2D eigenvalue weighted by Crippen LogP contribution is -2.21. The molecule has 0 aliphatic rings. The van der Waals surface area contributed by atoms with Crippen LogP contribution in [0.1, 0.15) is 21.5 Å². The number of rotatable bonds is 4. The third-order valence-electron chi connectivity index (χ3n) is 4.07. The first-order chi connectivity index (χ1) is 12.0. The van der Waals surface area contributed by atoms with Gasteiger partial charge in [0.25, 0.3) is 5.91 Å². The Balaban J connectivity index is 1.64. The standard InChI is InChI=1S/C21H19NO3/c1-14-6-5-7-15(2)20(14)22-19(23)13-25-21(24)18-11-10-16-8-3-4-9-17(16)12-18/h3-12H,13H2,1-2H3,(H,22,23). The molecule has 1 N–H and O–H groups in total. The van der Waals surface area contributed by atoms with Crippen molar-refractivity contribution in [3.63, 3.8) is 0 Å². The van der Waals surface area contributed by atoms with Crippen molar-refractivity contribution in [2.45, 2.75) is 13.8 Å². The predicted molar refractivity (Wildman–Crippen MR) is 98.8 cm³/mol. The van der Waals surface area contributed by atoms with Gasteiger partial charge in [-0.3, -0.25) is 4.79 Å². The molecule has 0 saturated carbocycles. The van der Waals surface area contributed by atoms with Crippen LogP contribution in [0.2, 0.25) is 0 Å². The second-order valence-corrected chi connectivity index (χ2v) is 5.95. The van der Waals surface area contributed by atoms with Gasteiger partial charge in [0.05, 0.1) is 5.56 Å². The molecule has 4 nitrogen and oxygen atoms in total. The number of carbonyl (C=O) groups excluding carboxylic acids is 2. The highest BCUT2D eigenvalue weighted by Gasteiger charge is 2.12. The summed E-state index contributed by atoms with van der Waals surface area (Å²) in [6.45, 7) is 3.52. The number of hydrogen-bond donors (Lipinski definition) is 1. The van der Waals surface area contributed by atoms with Crippen molar-refractivity contribution in [2.75, 3.05) is 11.9 Å². The van der Waals surface area contributed by atoms with E-state index in [-0.39, 0.29) is 12.5 Å². The second-order valence-electron chi connectivity index (χ2n) is 5.95. The monoisotopic (exact) mass is 333 g/mol. The zero-order valence-electron chi connectivity index (χ0n) is 14.2. The van der Waals surface area contributed by atoms with Gasteiger partial charge in [0.1, 0.15) is 0 Å². The van der Waals surface area contributed by atoms with Crippen LogP contribution in [0.4, 0.5) is 5.69 Å². The van der Waals surface area contributed by atoms with E-state index in [0.717, 1.165) is 27.6 Å². The number of para-hydroxylation sites is 1. The molecule has 25 heavy (non-hydrogen) atoms. The molecular weight excluding hydrogens is 314 g/mol. The van der Waals surface area contributed by atoms with Crippen molar-refractivity contribution in [3.8, 4) is 0 Å². The Morgan fingerprint density at radius 3 is 2.28 bits per heavy atom. The fourth-order valence-corrected chi connectivity index (χ4v) is 2.72. The molecule has 4 heteroatoms. The molecule has 0 radical (unpaired) electrons. The van der Waals surface area contributed by atoms with Crippen LogP contribution < -0.4 is 5.32 Å². The highest BCUT2D eigenvalue weighted by Crippen LogP contribution is 2.19. The van der Waals surface area contributed by atoms with Crippen molar-refractivity contribution in [2.24, 2.45) is 0 Å². The van der Waals surface area contributed by atoms with Crippen molar-refractivity contribution in [1.29, 1.82) is 0 Å². The van der Waals surface area contributed by atoms with Gasteiger partial charge in [-0.2, -0.15) is 0 Å². The lowest BCUT2D eigenvalue weighted by atomic mass is 10.1. The molecule has 0 saturated heterocycles. The van der Waals surface area contributed by atoms with E-state index in [9.17, 15) is 9.59 Å². The number of nitrogens with one attached hydrogen (secondary N) is 1. The Morgan fingerprint density at radius 1 is 0.880 bits per heavy atom. The number of anilines is 1. The number of esters is 1. The Morgan fingerprint density at radius 2 is 1.56 bits per heavy atom. The molecule has 0 bridgehead atoms. The van der Waals surface area contributed by atoms with Crippen LogP contribution in [-0.2, 0) is 9.53 Å². The van der Waals surface area contributed by atoms with Crippen LogP contribution in [0.25, 0.3) is 10.8 Å². The van der Waals surface area contributed by atoms with Gasteiger partial charge in [0.15, 0.2) is 6.61 Å². The number of benzene rings is 3. The maximum absolute atomic E-state index is 12.2. The van der Waals surface area contributed by atoms with Crippen LogP contribution in [0.5, 0.6) is 0 Å². The lowest BCUT2D eigenvalue weighted by molar-refractivity contribution is -0.119. The lowest BCUT2D eigenvalue weighted by Gasteiger charge is -2.11. The molecular formula is C21H19NO3. The molecule has 3 rings (SSSR count). The van der Waals surface area contributed by atoms with Crippen molar-refractivity contribution in [1.82, 2.24) is 0 Å². The van der Waals surface area contributed by atoms with Gasteiger partial charge in [-0.1, -0.05) is 48.5 Å². The first-order valence-electron chi connectivity index (χ1n) is 8.06. The van der Waals surface area contributed by atoms with E-state index in [4.69, 9.17) is 4.74 Å². The van der Waals surface area contributed by atoms with Crippen molar-refractivity contribution in [3.05, 3.63) is 77.4 Å². The average Bonchev–Trinajstić information content (AvgIpc) is 2.62. The highest BCUT2D eigenvalue weighted by molar-refractivity contribution is 5.98. The fraction of sp³-hybridized carbons (Fsp3) is 0.143. The van der Waals surface area contributed by atoms with Crippen LogP contribution in [0.15, 0.2) is 60.7 Å². The minimum atomic E-state index is -0.512. The number of ether oxygens (including phenoxy) is 1. The quantitative estimate of drug-likeness (QED) is 0.726. The molecule has 0 fully saturated rings. The van der Waals surface area contributed by atoms with Gasteiger partial charge in [0.2, 0.25) is 0 Å². The van der Waals surface area contributed by atoms with E-state index in [1.54, 1.807) is 12.1 Å². The van der Waals surface area contributed by atoms with Crippen LogP contribution in [0.3, 0.4) is 0 Å². The molecule has 0 unspecified atom stereocenters.